The summed E-state index contributed by atoms with van der Waals surface area (Å²) < 4.78 is 43.4. The van der Waals surface area contributed by atoms with Crippen molar-refractivity contribution in [2.24, 2.45) is 10.9 Å². The zero-order valence-electron chi connectivity index (χ0n) is 19.8. The number of fused-ring (bicyclic) bond motifs is 3. The molecule has 7 nitrogen and oxygen atoms in total. The van der Waals surface area contributed by atoms with Crippen molar-refractivity contribution in [3.8, 4) is 11.4 Å². The van der Waals surface area contributed by atoms with Crippen molar-refractivity contribution in [2.75, 3.05) is 36.5 Å². The second-order valence-corrected chi connectivity index (χ2v) is 9.26. The highest BCUT2D eigenvalue weighted by Gasteiger charge is 2.28. The molecule has 2 N–H and O–H groups in total. The maximum Gasteiger partial charge on any atom is 0.266 e. The molecule has 186 valence electrons. The number of hydrogen-bond acceptors (Lipinski definition) is 6. The lowest BCUT2D eigenvalue weighted by molar-refractivity contribution is 0.146. The van der Waals surface area contributed by atoms with Gasteiger partial charge in [0.15, 0.2) is 5.49 Å². The van der Waals surface area contributed by atoms with Gasteiger partial charge in [0.1, 0.15) is 23.3 Å². The number of pyridine rings is 1. The number of hydrogen-bond donors (Lipinski definition) is 2. The Balaban J connectivity index is 1.63. The number of rotatable bonds is 5. The molecular weight excluding hydrogens is 457 g/mol. The van der Waals surface area contributed by atoms with E-state index in [2.05, 4.69) is 24.8 Å². The Morgan fingerprint density at radius 2 is 1.91 bits per heavy atom. The van der Waals surface area contributed by atoms with Crippen molar-refractivity contribution in [1.29, 1.82) is 0 Å². The second-order valence-electron chi connectivity index (χ2n) is 9.26. The molecule has 5 rings (SSSR count). The van der Waals surface area contributed by atoms with Crippen LogP contribution < -0.4 is 15.7 Å². The molecule has 0 bridgehead atoms. The van der Waals surface area contributed by atoms with Gasteiger partial charge in [-0.25, -0.2) is 23.1 Å². The van der Waals surface area contributed by atoms with Crippen LogP contribution in [-0.2, 0) is 6.54 Å². The van der Waals surface area contributed by atoms with Gasteiger partial charge in [-0.1, -0.05) is 18.2 Å². The van der Waals surface area contributed by atoms with Gasteiger partial charge in [-0.2, -0.15) is 0 Å². The minimum atomic E-state index is -2.90. The first kappa shape index (κ1) is 23.6. The van der Waals surface area contributed by atoms with Crippen molar-refractivity contribution >= 4 is 11.5 Å². The molecule has 4 aliphatic rings. The van der Waals surface area contributed by atoms with Crippen LogP contribution in [-0.4, -0.2) is 45.9 Å². The fourth-order valence-electron chi connectivity index (χ4n) is 5.03. The molecule has 1 aromatic carbocycles. The van der Waals surface area contributed by atoms with E-state index in [9.17, 15) is 18.3 Å². The summed E-state index contributed by atoms with van der Waals surface area (Å²) in [6.07, 6.45) is -1.08. The average molecular weight is 487 g/mol. The van der Waals surface area contributed by atoms with Gasteiger partial charge in [-0.05, 0) is 38.7 Å². The van der Waals surface area contributed by atoms with Gasteiger partial charge in [0.2, 0.25) is 0 Å². The zero-order valence-corrected chi connectivity index (χ0v) is 19.8. The van der Waals surface area contributed by atoms with Gasteiger partial charge >= 0.3 is 0 Å². The molecule has 0 saturated carbocycles. The summed E-state index contributed by atoms with van der Waals surface area (Å²) in [6, 6.07) is 5.32. The van der Waals surface area contributed by atoms with Gasteiger partial charge in [-0.3, -0.25) is 4.99 Å². The highest BCUT2D eigenvalue weighted by atomic mass is 19.3. The highest BCUT2D eigenvalue weighted by molar-refractivity contribution is 5.77. The molecule has 1 saturated heterocycles. The summed E-state index contributed by atoms with van der Waals surface area (Å²) in [5.74, 6) is 1.65. The molecule has 4 heterocycles. The molecule has 4 aliphatic heterocycles. The van der Waals surface area contributed by atoms with Gasteiger partial charge in [-0.15, -0.1) is 0 Å². The van der Waals surface area contributed by atoms with Crippen LogP contribution in [0.2, 0.25) is 0 Å². The van der Waals surface area contributed by atoms with E-state index < -0.39 is 23.8 Å². The third-order valence-electron chi connectivity index (χ3n) is 6.97. The number of benzene rings is 1. The standard InChI is InChI=1S/C25H29F3N6O/c1-14(17-4-3-5-18(21(17)26)22(27)28)30-23-19-12-20(33-9-6-16(13-35)7-10-33)25-29-8-11-34(25)24(19)32-15(2)31-23/h3-5,12,14,16,22,29,35H,6-11,13H2,1-2H3. The Morgan fingerprint density at radius 1 is 1.17 bits per heavy atom. The smallest absolute Gasteiger partial charge is 0.266 e. The molecule has 1 fully saturated rings. The van der Waals surface area contributed by atoms with E-state index in [0.29, 0.717) is 17.2 Å². The molecule has 0 radical (unpaired) electrons. The zero-order chi connectivity index (χ0) is 24.7. The van der Waals surface area contributed by atoms with E-state index in [4.69, 9.17) is 4.99 Å². The molecule has 35 heavy (non-hydrogen) atoms. The largest absolute Gasteiger partial charge is 0.396 e. The van der Waals surface area contributed by atoms with Crippen LogP contribution in [0.1, 0.15) is 49.2 Å². The number of aryl methyl sites for hydroxylation is 1. The number of nitrogens with one attached hydrogen (secondary N) is 1. The van der Waals surface area contributed by atoms with Crippen LogP contribution in [0.5, 0.6) is 0 Å². The monoisotopic (exact) mass is 486 g/mol. The SMILES string of the molecule is Cc1nc2n3c(c(N4CCC(CO)CC4)cc-2c(=NC(C)c2cccc(C(F)F)c2F)n1)NCC3. The molecule has 0 amide bonds. The number of alkyl halides is 2. The fourth-order valence-corrected chi connectivity index (χ4v) is 5.03. The van der Waals surface area contributed by atoms with Gasteiger partial charge in [0.05, 0.1) is 22.9 Å². The van der Waals surface area contributed by atoms with Crippen molar-refractivity contribution in [2.45, 2.75) is 45.7 Å². The van der Waals surface area contributed by atoms with Crippen LogP contribution in [0, 0.1) is 18.7 Å². The van der Waals surface area contributed by atoms with E-state index >= 15 is 0 Å². The van der Waals surface area contributed by atoms with Crippen LogP contribution in [0.4, 0.5) is 24.7 Å². The minimum Gasteiger partial charge on any atom is -0.396 e. The summed E-state index contributed by atoms with van der Waals surface area (Å²) in [4.78, 5) is 16.2. The third kappa shape index (κ3) is 4.35. The topological polar surface area (TPSA) is 78.6 Å². The van der Waals surface area contributed by atoms with Crippen molar-refractivity contribution < 1.29 is 18.3 Å². The Morgan fingerprint density at radius 3 is 2.63 bits per heavy atom. The summed E-state index contributed by atoms with van der Waals surface area (Å²) in [5.41, 5.74) is 1.65. The molecule has 0 spiro atoms. The maximum absolute atomic E-state index is 14.8. The lowest BCUT2D eigenvalue weighted by atomic mass is 9.97. The summed E-state index contributed by atoms with van der Waals surface area (Å²) in [5, 5.41) is 13.0. The number of aliphatic hydroxyl groups excluding tert-OH is 1. The molecule has 0 aromatic heterocycles. The lowest BCUT2D eigenvalue weighted by Gasteiger charge is -2.34. The lowest BCUT2D eigenvalue weighted by Crippen LogP contribution is -2.35. The molecular formula is C25H29F3N6O. The van der Waals surface area contributed by atoms with E-state index in [1.54, 1.807) is 13.8 Å². The van der Waals surface area contributed by atoms with Crippen molar-refractivity contribution in [1.82, 2.24) is 14.5 Å². The minimum absolute atomic E-state index is 0.106. The van der Waals surface area contributed by atoms with Gasteiger partial charge in [0.25, 0.3) is 6.43 Å². The van der Waals surface area contributed by atoms with Crippen LogP contribution >= 0.6 is 0 Å². The summed E-state index contributed by atoms with van der Waals surface area (Å²) in [6.45, 7) is 6.83. The van der Waals surface area contributed by atoms with Crippen LogP contribution in [0.3, 0.4) is 0 Å². The second kappa shape index (κ2) is 9.49. The maximum atomic E-state index is 14.8. The Bertz CT molecular complexity index is 1270. The summed E-state index contributed by atoms with van der Waals surface area (Å²) in [7, 11) is 0. The average Bonchev–Trinajstić information content (AvgIpc) is 3.34. The number of anilines is 2. The molecule has 10 heteroatoms. The molecule has 0 aliphatic carbocycles. The van der Waals surface area contributed by atoms with E-state index in [1.165, 1.54) is 12.1 Å². The van der Waals surface area contributed by atoms with Crippen molar-refractivity contribution in [3.05, 3.63) is 52.5 Å². The van der Waals surface area contributed by atoms with Gasteiger partial charge < -0.3 is 19.9 Å². The number of aromatic nitrogens is 3. The Labute approximate surface area is 201 Å². The number of nitrogens with zero attached hydrogens (tertiary/aromatic N) is 5. The Hall–Kier alpha value is -3.14. The predicted molar refractivity (Wildman–Crippen MR) is 127 cm³/mol. The van der Waals surface area contributed by atoms with Crippen LogP contribution in [0.15, 0.2) is 29.3 Å². The number of aliphatic hydroxyl groups is 1. The normalized spacial score (nSPS) is 17.8. The Kier molecular flexibility index (Phi) is 6.39. The van der Waals surface area contributed by atoms with Crippen LogP contribution in [0.25, 0.3) is 11.4 Å². The number of piperidine rings is 1. The van der Waals surface area contributed by atoms with E-state index in [-0.39, 0.29) is 12.2 Å². The molecule has 1 aromatic rings. The predicted octanol–water partition coefficient (Wildman–Crippen LogP) is 4.06. The van der Waals surface area contributed by atoms with Crippen molar-refractivity contribution in [3.63, 3.8) is 0 Å². The number of halogens is 3. The van der Waals surface area contributed by atoms with Gasteiger partial charge in [0, 0.05) is 38.3 Å². The first-order valence-electron chi connectivity index (χ1n) is 12.0. The first-order valence-corrected chi connectivity index (χ1v) is 12.0. The molecule has 1 unspecified atom stereocenters. The van der Waals surface area contributed by atoms with E-state index in [0.717, 1.165) is 68.0 Å². The quantitative estimate of drug-likeness (QED) is 0.569. The molecule has 1 atom stereocenters. The highest BCUT2D eigenvalue weighted by Crippen LogP contribution is 2.37. The fraction of sp³-hybridized carbons (Fsp3) is 0.480. The van der Waals surface area contributed by atoms with E-state index in [1.807, 2.05) is 6.07 Å². The third-order valence-corrected chi connectivity index (χ3v) is 6.97. The summed E-state index contributed by atoms with van der Waals surface area (Å²) >= 11 is 0. The first-order chi connectivity index (χ1) is 16.9.